The summed E-state index contributed by atoms with van der Waals surface area (Å²) in [6.45, 7) is 19.8. The number of amides is 2. The van der Waals surface area contributed by atoms with Crippen LogP contribution in [0.4, 0.5) is 0 Å². The summed E-state index contributed by atoms with van der Waals surface area (Å²) in [5.41, 5.74) is 10.8. The van der Waals surface area contributed by atoms with Crippen LogP contribution in [0.15, 0.2) is 35.8 Å². The molecular weight excluding hydrogens is 907 g/mol. The van der Waals surface area contributed by atoms with Gasteiger partial charge in [0.15, 0.2) is 24.1 Å². The van der Waals surface area contributed by atoms with E-state index < -0.39 is 29.6 Å². The van der Waals surface area contributed by atoms with Gasteiger partial charge in [0.2, 0.25) is 5.71 Å². The van der Waals surface area contributed by atoms with Crippen LogP contribution in [0.3, 0.4) is 0 Å². The Morgan fingerprint density at radius 1 is 1.11 bits per heavy atom. The summed E-state index contributed by atoms with van der Waals surface area (Å²) in [4.78, 5) is 58.8. The molecule has 6 aliphatic heterocycles. The third-order valence-corrected chi connectivity index (χ3v) is 16.3. The number of cyclic esters (lactones) is 1. The van der Waals surface area contributed by atoms with E-state index in [0.29, 0.717) is 69.4 Å². The molecule has 6 fully saturated rings. The minimum Gasteiger partial charge on any atom is -0.464 e. The number of aryl methyl sites for hydroxylation is 1. The van der Waals surface area contributed by atoms with Crippen molar-refractivity contribution in [2.45, 2.75) is 104 Å². The Hall–Kier alpha value is -5.06. The number of carbonyl (C=O) groups is 3. The molecule has 2 amide bonds. The maximum atomic E-state index is 15.2. The topological polar surface area (TPSA) is 156 Å². The molecule has 0 spiro atoms. The summed E-state index contributed by atoms with van der Waals surface area (Å²) >= 11 is 1.45. The van der Waals surface area contributed by atoms with E-state index in [1.807, 2.05) is 25.4 Å². The van der Waals surface area contributed by atoms with Gasteiger partial charge in [-0.1, -0.05) is 38.7 Å². The molecule has 2 N–H and O–H groups in total. The van der Waals surface area contributed by atoms with Gasteiger partial charge in [-0.15, -0.1) is 11.3 Å². The molecule has 16 nitrogen and oxygen atoms in total. The summed E-state index contributed by atoms with van der Waals surface area (Å²) in [6, 6.07) is 6.77. The van der Waals surface area contributed by atoms with Gasteiger partial charge in [0, 0.05) is 96.4 Å². The fraction of sp³-hybridized carbons (Fsp3) is 0.585. The highest BCUT2D eigenvalue weighted by atomic mass is 32.1. The van der Waals surface area contributed by atoms with Gasteiger partial charge in [-0.3, -0.25) is 29.3 Å². The van der Waals surface area contributed by atoms with Crippen molar-refractivity contribution in [2.24, 2.45) is 17.3 Å². The average Bonchev–Trinajstić information content (AvgIpc) is 3.95. The van der Waals surface area contributed by atoms with Crippen molar-refractivity contribution in [1.29, 1.82) is 0 Å². The molecule has 3 aromatic heterocycles. The molecule has 4 aromatic rings. The summed E-state index contributed by atoms with van der Waals surface area (Å²) in [5.74, 6) is 5.96. The van der Waals surface area contributed by atoms with E-state index >= 15 is 4.79 Å². The highest BCUT2D eigenvalue weighted by Gasteiger charge is 2.53. The number of ether oxygens (including phenoxy) is 4. The number of methoxy groups -OCH3 is 1. The molecule has 17 heteroatoms. The third-order valence-electron chi connectivity index (χ3n) is 15.4. The van der Waals surface area contributed by atoms with Crippen LogP contribution in [0.5, 0.6) is 0 Å². The fourth-order valence-electron chi connectivity index (χ4n) is 11.0. The van der Waals surface area contributed by atoms with E-state index in [-0.39, 0.29) is 48.4 Å². The largest absolute Gasteiger partial charge is 0.464 e. The number of likely N-dealkylation sites (N-methyl/N-ethyl adjacent to an activating group) is 1. The number of benzene rings is 1. The number of rotatable bonds is 7. The molecule has 8 bridgehead atoms. The monoisotopic (exact) mass is 974 g/mol. The summed E-state index contributed by atoms with van der Waals surface area (Å²) in [6.07, 6.45) is 2.73. The standard InChI is InChI=1S/C53H67N9O7S/c1-9-61-42-13-12-35-25-38(42)40(46(61)39-22-34(27-54-43(39)33(4)66-8)11-10-32(3)59-16-14-58(7)15-17-59)26-53(5,6)30-69-52(65)44-36-23-37(24-36)62(57-44)51(64)45(56-49(63)48-31(2)28-68-48)47(50-55-41(35)29-70-50)60-18-20-67-21-19-60/h12-13,22,25,27,29,31-33,36-37,44-45,48,57H,9,14-21,23-24,26,28,30H2,1-8H3/p+1/t31-,32+,33-,36?,37?,44-,45-,48-/m0/s1. The first-order valence-electron chi connectivity index (χ1n) is 25.2. The Labute approximate surface area is 415 Å². The van der Waals surface area contributed by atoms with Crippen molar-refractivity contribution in [3.05, 3.63) is 57.7 Å². The zero-order chi connectivity index (χ0) is 49.0. The lowest BCUT2D eigenvalue weighted by molar-refractivity contribution is -0.550. The van der Waals surface area contributed by atoms with Crippen LogP contribution in [-0.2, 0) is 46.3 Å². The Kier molecular flexibility index (Phi) is 13.8. The second-order valence-electron chi connectivity index (χ2n) is 21.0. The number of nitrogens with zero attached hydrogens (tertiary/aromatic N) is 7. The van der Waals surface area contributed by atoms with Crippen molar-refractivity contribution >= 4 is 45.7 Å². The quantitative estimate of drug-likeness (QED) is 0.152. The number of carbonyl (C=O) groups excluding carboxylic acids is 3. The summed E-state index contributed by atoms with van der Waals surface area (Å²) < 4.78 is 28.3. The minimum absolute atomic E-state index is 0.00399. The summed E-state index contributed by atoms with van der Waals surface area (Å²) in [7, 11) is 3.88. The van der Waals surface area contributed by atoms with Crippen molar-refractivity contribution < 1.29 is 37.9 Å². The Morgan fingerprint density at radius 3 is 2.59 bits per heavy atom. The highest BCUT2D eigenvalue weighted by molar-refractivity contribution is 7.12. The zero-order valence-electron chi connectivity index (χ0n) is 41.9. The number of thiazole rings is 1. The van der Waals surface area contributed by atoms with Crippen LogP contribution in [0.2, 0.25) is 0 Å². The maximum Gasteiger partial charge on any atom is 0.325 e. The van der Waals surface area contributed by atoms with Gasteiger partial charge >= 0.3 is 5.97 Å². The normalized spacial score (nSPS) is 27.1. The molecule has 70 heavy (non-hydrogen) atoms. The van der Waals surface area contributed by atoms with Crippen molar-refractivity contribution in [3.8, 4) is 34.4 Å². The van der Waals surface area contributed by atoms with Crippen molar-refractivity contribution in [2.75, 3.05) is 79.9 Å². The lowest BCUT2D eigenvalue weighted by Gasteiger charge is -2.53. The molecule has 0 radical (unpaired) electrons. The predicted molar refractivity (Wildman–Crippen MR) is 267 cm³/mol. The molecule has 1 aromatic carbocycles. The van der Waals surface area contributed by atoms with Gasteiger partial charge in [-0.05, 0) is 76.8 Å². The molecular formula is C53H68N9O7S+. The number of fused-ring (bicyclic) bond motifs is 4. The number of hydrazine groups is 1. The van der Waals surface area contributed by atoms with E-state index in [9.17, 15) is 9.59 Å². The van der Waals surface area contributed by atoms with Crippen LogP contribution in [0.1, 0.15) is 82.3 Å². The Morgan fingerprint density at radius 2 is 1.89 bits per heavy atom. The zero-order valence-corrected chi connectivity index (χ0v) is 42.7. The lowest BCUT2D eigenvalue weighted by Crippen LogP contribution is -2.72. The molecule has 1 aliphatic carbocycles. The SMILES string of the molecule is CCn1c(-c2cc(C#C[C@@H](C)N3CCN(C)CC3)cnc2[C@H](C)OC)c2c3cc(ccc31)-c1csc(n1)C(=[N+]1CCOCC1)[C@H](NC(=O)[C@H]1OC[C@@H]1C)C(=O)N1N[C@H](C(=O)OCC(C)(C)C2)C2CC1C2. The van der Waals surface area contributed by atoms with Crippen LogP contribution < -0.4 is 10.7 Å². The average molecular weight is 975 g/mol. The second kappa shape index (κ2) is 19.9. The molecule has 9 heterocycles. The lowest BCUT2D eigenvalue weighted by atomic mass is 9.73. The van der Waals surface area contributed by atoms with E-state index in [1.165, 1.54) is 11.3 Å². The number of morpholine rings is 1. The minimum atomic E-state index is -1.12. The Balaban J connectivity index is 1.13. The molecule has 5 saturated heterocycles. The van der Waals surface area contributed by atoms with Crippen molar-refractivity contribution in [1.82, 2.24) is 40.1 Å². The number of nitrogens with one attached hydrogen (secondary N) is 2. The number of hydrogen-bond donors (Lipinski definition) is 2. The van der Waals surface area contributed by atoms with Crippen LogP contribution in [-0.4, -0.2) is 168 Å². The predicted octanol–water partition coefficient (Wildman–Crippen LogP) is 4.51. The molecule has 372 valence electrons. The first-order chi connectivity index (χ1) is 33.7. The Bertz CT molecular complexity index is 2750. The van der Waals surface area contributed by atoms with Gasteiger partial charge in [-0.2, -0.15) is 0 Å². The molecule has 0 unspecified atom stereocenters. The van der Waals surface area contributed by atoms with Gasteiger partial charge in [0.05, 0.1) is 42.4 Å². The molecule has 6 atom stereocenters. The summed E-state index contributed by atoms with van der Waals surface area (Å²) in [5, 5.41) is 8.44. The molecule has 11 rings (SSSR count). The first-order valence-corrected chi connectivity index (χ1v) is 26.1. The number of hydrogen-bond acceptors (Lipinski definition) is 13. The smallest absolute Gasteiger partial charge is 0.325 e. The van der Waals surface area contributed by atoms with Crippen LogP contribution in [0, 0.1) is 29.1 Å². The van der Waals surface area contributed by atoms with Gasteiger partial charge in [-0.25, -0.2) is 15.0 Å². The molecule has 7 aliphatic rings. The second-order valence-corrected chi connectivity index (χ2v) is 21.8. The van der Waals surface area contributed by atoms with E-state index in [4.69, 9.17) is 28.9 Å². The van der Waals surface area contributed by atoms with Crippen LogP contribution in [0.25, 0.3) is 33.4 Å². The first kappa shape index (κ1) is 48.6. The van der Waals surface area contributed by atoms with Crippen molar-refractivity contribution in [3.63, 3.8) is 0 Å². The van der Waals surface area contributed by atoms with Gasteiger partial charge in [0.1, 0.15) is 25.4 Å². The number of esters is 1. The highest BCUT2D eigenvalue weighted by Crippen LogP contribution is 2.43. The number of aromatic nitrogens is 3. The van der Waals surface area contributed by atoms with E-state index in [0.717, 1.165) is 76.4 Å². The number of piperazine rings is 1. The van der Waals surface area contributed by atoms with Crippen LogP contribution >= 0.6 is 11.3 Å². The fourth-order valence-corrected chi connectivity index (χ4v) is 11.9. The van der Waals surface area contributed by atoms with E-state index in [1.54, 1.807) is 12.1 Å². The maximum absolute atomic E-state index is 15.2. The van der Waals surface area contributed by atoms with Gasteiger partial charge in [0.25, 0.3) is 11.8 Å². The number of pyridine rings is 1. The molecule has 1 saturated carbocycles. The van der Waals surface area contributed by atoms with Gasteiger partial charge < -0.3 is 33.7 Å². The third kappa shape index (κ3) is 9.32. The van der Waals surface area contributed by atoms with E-state index in [2.05, 4.69) is 101 Å².